The molecule has 4 rings (SSSR count). The van der Waals surface area contributed by atoms with Crippen molar-refractivity contribution in [1.29, 1.82) is 0 Å². The summed E-state index contributed by atoms with van der Waals surface area (Å²) in [6.07, 6.45) is -10.4. The fourth-order valence-corrected chi connectivity index (χ4v) is 8.48. The summed E-state index contributed by atoms with van der Waals surface area (Å²) in [6.45, 7) is 3.45. The SMILES string of the molecule is CCCCCCCCCCCCCCC(C)OC1OC(CO)C(OC2OC(CO)C(OC3OC(C)C(NC4C=C(CO)C(O)C(O)C4O)C(O)C3O)C(O)C2O)C(O)C1O. The first-order valence-electron chi connectivity index (χ1n) is 22.0. The summed E-state index contributed by atoms with van der Waals surface area (Å²) in [7, 11) is 0. The fraction of sp³-hybridized carbons (Fsp3) is 0.951. The molecule has 0 spiro atoms. The minimum atomic E-state index is -1.91. The van der Waals surface area contributed by atoms with E-state index < -0.39 is 136 Å². The molecule has 13 N–H and O–H groups in total. The molecular formula is C41H75NO18. The van der Waals surface area contributed by atoms with Gasteiger partial charge in [0, 0.05) is 0 Å². The van der Waals surface area contributed by atoms with Crippen LogP contribution < -0.4 is 5.32 Å². The Hall–Kier alpha value is -1.02. The van der Waals surface area contributed by atoms with Gasteiger partial charge in [-0.2, -0.15) is 0 Å². The first-order valence-corrected chi connectivity index (χ1v) is 22.0. The van der Waals surface area contributed by atoms with Crippen LogP contribution in [0.2, 0.25) is 0 Å². The average molecular weight is 870 g/mol. The van der Waals surface area contributed by atoms with Gasteiger partial charge < -0.3 is 95.0 Å². The third-order valence-electron chi connectivity index (χ3n) is 12.3. The predicted octanol–water partition coefficient (Wildman–Crippen LogP) is -2.06. The van der Waals surface area contributed by atoms with Gasteiger partial charge in [0.15, 0.2) is 18.9 Å². The van der Waals surface area contributed by atoms with Gasteiger partial charge >= 0.3 is 0 Å². The lowest BCUT2D eigenvalue weighted by Crippen LogP contribution is -2.68. The van der Waals surface area contributed by atoms with Crippen molar-refractivity contribution in [3.63, 3.8) is 0 Å². The van der Waals surface area contributed by atoms with E-state index in [4.69, 9.17) is 28.4 Å². The highest BCUT2D eigenvalue weighted by molar-refractivity contribution is 5.22. The molecule has 3 fully saturated rings. The summed E-state index contributed by atoms with van der Waals surface area (Å²) in [5.74, 6) is 0. The number of unbranched alkanes of at least 4 members (excludes halogenated alkanes) is 11. The third-order valence-corrected chi connectivity index (χ3v) is 12.3. The zero-order valence-corrected chi connectivity index (χ0v) is 35.3. The Balaban J connectivity index is 1.25. The number of rotatable bonds is 24. The number of hydrogen-bond acceptors (Lipinski definition) is 19. The molecule has 352 valence electrons. The summed E-state index contributed by atoms with van der Waals surface area (Å²) in [5.41, 5.74) is 0.0323. The van der Waals surface area contributed by atoms with Crippen LogP contribution in [-0.4, -0.2) is 204 Å². The van der Waals surface area contributed by atoms with Gasteiger partial charge in [0.05, 0.1) is 44.1 Å². The molecule has 3 heterocycles. The Morgan fingerprint density at radius 3 is 1.57 bits per heavy atom. The quantitative estimate of drug-likeness (QED) is 0.0367. The molecule has 0 bridgehead atoms. The number of hydrogen-bond donors (Lipinski definition) is 13. The Morgan fingerprint density at radius 2 is 1.05 bits per heavy atom. The van der Waals surface area contributed by atoms with Gasteiger partial charge in [0.25, 0.3) is 0 Å². The second kappa shape index (κ2) is 25.5. The zero-order chi connectivity index (χ0) is 44.1. The third kappa shape index (κ3) is 13.5. The van der Waals surface area contributed by atoms with Crippen LogP contribution in [0.15, 0.2) is 11.6 Å². The lowest BCUT2D eigenvalue weighted by Gasteiger charge is -2.49. The highest BCUT2D eigenvalue weighted by Gasteiger charge is 2.54. The molecule has 19 heteroatoms. The minimum absolute atomic E-state index is 0.0323. The van der Waals surface area contributed by atoms with Crippen LogP contribution >= 0.6 is 0 Å². The molecule has 0 amide bonds. The summed E-state index contributed by atoms with van der Waals surface area (Å²) in [4.78, 5) is 0. The molecule has 19 nitrogen and oxygen atoms in total. The van der Waals surface area contributed by atoms with Crippen LogP contribution in [-0.2, 0) is 28.4 Å². The second-order valence-electron chi connectivity index (χ2n) is 17.0. The normalized spacial score (nSPS) is 41.9. The highest BCUT2D eigenvalue weighted by Crippen LogP contribution is 2.33. The molecule has 20 unspecified atom stereocenters. The van der Waals surface area contributed by atoms with E-state index in [0.717, 1.165) is 19.3 Å². The lowest BCUT2D eigenvalue weighted by atomic mass is 9.86. The first-order chi connectivity index (χ1) is 28.7. The molecule has 0 aromatic carbocycles. The molecule has 0 radical (unpaired) electrons. The smallest absolute Gasteiger partial charge is 0.187 e. The van der Waals surface area contributed by atoms with Gasteiger partial charge in [-0.15, -0.1) is 0 Å². The Morgan fingerprint density at radius 1 is 0.583 bits per heavy atom. The van der Waals surface area contributed by atoms with E-state index >= 15 is 0 Å². The molecule has 1 aliphatic carbocycles. The number of aliphatic hydroxyl groups excluding tert-OH is 12. The van der Waals surface area contributed by atoms with Crippen molar-refractivity contribution in [2.75, 3.05) is 19.8 Å². The van der Waals surface area contributed by atoms with Crippen molar-refractivity contribution in [2.24, 2.45) is 0 Å². The topological polar surface area (TPSA) is 310 Å². The summed E-state index contributed by atoms with van der Waals surface area (Å²) >= 11 is 0. The average Bonchev–Trinajstić information content (AvgIpc) is 3.23. The van der Waals surface area contributed by atoms with Crippen LogP contribution in [0, 0.1) is 0 Å². The second-order valence-corrected chi connectivity index (χ2v) is 17.0. The van der Waals surface area contributed by atoms with Crippen molar-refractivity contribution >= 4 is 0 Å². The molecule has 3 saturated heterocycles. The van der Waals surface area contributed by atoms with E-state index in [9.17, 15) is 61.3 Å². The van der Waals surface area contributed by atoms with E-state index in [1.54, 1.807) is 0 Å². The zero-order valence-electron chi connectivity index (χ0n) is 35.3. The maximum absolute atomic E-state index is 11.2. The van der Waals surface area contributed by atoms with E-state index in [2.05, 4.69) is 12.2 Å². The van der Waals surface area contributed by atoms with Gasteiger partial charge in [-0.3, -0.25) is 0 Å². The van der Waals surface area contributed by atoms with Gasteiger partial charge in [0.1, 0.15) is 79.4 Å². The monoisotopic (exact) mass is 869 g/mol. The maximum Gasteiger partial charge on any atom is 0.187 e. The molecule has 4 aliphatic rings. The largest absolute Gasteiger partial charge is 0.394 e. The lowest BCUT2D eigenvalue weighted by molar-refractivity contribution is -0.377. The van der Waals surface area contributed by atoms with Crippen molar-refractivity contribution in [1.82, 2.24) is 5.32 Å². The maximum atomic E-state index is 11.2. The standard InChI is InChI=1S/C41H75NO18/c1-4-5-6-7-8-9-10-11-12-13-14-15-16-21(2)55-39-35(53)32(50)38(25(19-44)57-39)60-41-36(54)33(51)37(26(20-45)58-41)59-40-34(52)30(48)27(22(3)56-40)42-24-17-23(18-43)28(46)31(49)29(24)47/h17,21-22,24-54H,4-16,18-20H2,1-3H3. The summed E-state index contributed by atoms with van der Waals surface area (Å²) in [6, 6.07) is -2.16. The van der Waals surface area contributed by atoms with Crippen molar-refractivity contribution < 1.29 is 89.7 Å². The van der Waals surface area contributed by atoms with Crippen molar-refractivity contribution in [3.05, 3.63) is 11.6 Å². The van der Waals surface area contributed by atoms with E-state index in [-0.39, 0.29) is 11.7 Å². The molecular weight excluding hydrogens is 794 g/mol. The molecule has 0 aromatic rings. The molecule has 20 atom stereocenters. The minimum Gasteiger partial charge on any atom is -0.394 e. The molecule has 0 saturated carbocycles. The highest BCUT2D eigenvalue weighted by atomic mass is 16.8. The van der Waals surface area contributed by atoms with Gasteiger partial charge in [-0.1, -0.05) is 90.0 Å². The van der Waals surface area contributed by atoms with Gasteiger partial charge in [0.2, 0.25) is 0 Å². The van der Waals surface area contributed by atoms with Crippen molar-refractivity contribution in [3.8, 4) is 0 Å². The molecule has 0 aromatic heterocycles. The Kier molecular flexibility index (Phi) is 21.9. The van der Waals surface area contributed by atoms with Crippen molar-refractivity contribution in [2.45, 2.75) is 227 Å². The fourth-order valence-electron chi connectivity index (χ4n) is 8.48. The van der Waals surface area contributed by atoms with E-state index in [1.165, 1.54) is 70.8 Å². The van der Waals surface area contributed by atoms with Gasteiger partial charge in [-0.05, 0) is 25.8 Å². The number of aliphatic hydroxyl groups is 12. The Labute approximate surface area is 352 Å². The van der Waals surface area contributed by atoms with Crippen LogP contribution in [0.4, 0.5) is 0 Å². The molecule has 60 heavy (non-hydrogen) atoms. The van der Waals surface area contributed by atoms with Crippen LogP contribution in [0.1, 0.15) is 104 Å². The number of ether oxygens (including phenoxy) is 6. The number of nitrogens with one attached hydrogen (secondary N) is 1. The van der Waals surface area contributed by atoms with Gasteiger partial charge in [-0.25, -0.2) is 0 Å². The summed E-state index contributed by atoms with van der Waals surface area (Å²) < 4.78 is 34.9. The van der Waals surface area contributed by atoms with Crippen LogP contribution in [0.5, 0.6) is 0 Å². The van der Waals surface area contributed by atoms with Crippen LogP contribution in [0.3, 0.4) is 0 Å². The van der Waals surface area contributed by atoms with E-state index in [0.29, 0.717) is 6.42 Å². The Bertz CT molecular complexity index is 1230. The predicted molar refractivity (Wildman–Crippen MR) is 212 cm³/mol. The first kappa shape index (κ1) is 51.6. The summed E-state index contributed by atoms with van der Waals surface area (Å²) in [5, 5.41) is 130. The van der Waals surface area contributed by atoms with Crippen LogP contribution in [0.25, 0.3) is 0 Å². The van der Waals surface area contributed by atoms with E-state index in [1.807, 2.05) is 6.92 Å². The molecule has 3 aliphatic heterocycles.